The molecule has 0 aromatic rings. The molecule has 0 saturated heterocycles. The molecule has 0 spiro atoms. The molecule has 0 amide bonds. The van der Waals surface area contributed by atoms with Crippen molar-refractivity contribution in [1.82, 2.24) is 5.32 Å². The first-order chi connectivity index (χ1) is 9.05. The van der Waals surface area contributed by atoms with Crippen LogP contribution in [-0.2, 0) is 14.3 Å². The van der Waals surface area contributed by atoms with Crippen molar-refractivity contribution in [3.05, 3.63) is 0 Å². The average Bonchev–Trinajstić information content (AvgIpc) is 3.19. The van der Waals surface area contributed by atoms with Gasteiger partial charge < -0.3 is 9.47 Å². The van der Waals surface area contributed by atoms with Crippen LogP contribution in [0, 0.1) is 5.92 Å². The second kappa shape index (κ2) is 6.23. The van der Waals surface area contributed by atoms with Gasteiger partial charge in [0, 0.05) is 19.1 Å². The molecule has 0 bridgehead atoms. The third-order valence-corrected chi connectivity index (χ3v) is 4.11. The molecule has 0 aromatic heterocycles. The van der Waals surface area contributed by atoms with E-state index in [1.165, 1.54) is 20.0 Å². The molecule has 1 N–H and O–H groups in total. The summed E-state index contributed by atoms with van der Waals surface area (Å²) >= 11 is 0. The van der Waals surface area contributed by atoms with Crippen LogP contribution in [0.25, 0.3) is 0 Å². The zero-order valence-corrected chi connectivity index (χ0v) is 12.4. The lowest BCUT2D eigenvalue weighted by Crippen LogP contribution is -2.58. The molecule has 0 aromatic carbocycles. The topological polar surface area (TPSA) is 47.6 Å². The molecule has 2 atom stereocenters. The fraction of sp³-hybridized carbons (Fsp3) is 0.933. The van der Waals surface area contributed by atoms with Gasteiger partial charge in [0.1, 0.15) is 5.54 Å². The molecule has 2 unspecified atom stereocenters. The molecular weight excluding hydrogens is 242 g/mol. The minimum absolute atomic E-state index is 0.138. The monoisotopic (exact) mass is 269 g/mol. The standard InChI is InChI=1S/C15H27NO3/c1-11(2)16-15(14(17)18-3)8-4-5-13(9-15)19-10-12-6-7-12/h11-13,16H,4-10H2,1-3H3. The van der Waals surface area contributed by atoms with Gasteiger partial charge in [-0.05, 0) is 51.9 Å². The smallest absolute Gasteiger partial charge is 0.326 e. The Morgan fingerprint density at radius 1 is 1.37 bits per heavy atom. The minimum Gasteiger partial charge on any atom is -0.468 e. The third-order valence-electron chi connectivity index (χ3n) is 4.11. The summed E-state index contributed by atoms with van der Waals surface area (Å²) in [5.41, 5.74) is -0.546. The predicted molar refractivity (Wildman–Crippen MR) is 74.0 cm³/mol. The van der Waals surface area contributed by atoms with Crippen LogP contribution in [0.4, 0.5) is 0 Å². The number of methoxy groups -OCH3 is 1. The van der Waals surface area contributed by atoms with Gasteiger partial charge in [0.25, 0.3) is 0 Å². The third kappa shape index (κ3) is 3.93. The number of esters is 1. The first-order valence-electron chi connectivity index (χ1n) is 7.53. The summed E-state index contributed by atoms with van der Waals surface area (Å²) in [5, 5.41) is 3.42. The number of rotatable bonds is 6. The van der Waals surface area contributed by atoms with Crippen molar-refractivity contribution in [2.24, 2.45) is 5.92 Å². The zero-order valence-electron chi connectivity index (χ0n) is 12.4. The zero-order chi connectivity index (χ0) is 13.9. The minimum atomic E-state index is -0.546. The Kier molecular flexibility index (Phi) is 4.85. The van der Waals surface area contributed by atoms with E-state index >= 15 is 0 Å². The molecule has 2 saturated carbocycles. The number of nitrogens with one attached hydrogen (secondary N) is 1. The first-order valence-corrected chi connectivity index (χ1v) is 7.53. The lowest BCUT2D eigenvalue weighted by Gasteiger charge is -2.40. The summed E-state index contributed by atoms with van der Waals surface area (Å²) in [6.07, 6.45) is 6.47. The molecule has 0 aliphatic heterocycles. The summed E-state index contributed by atoms with van der Waals surface area (Å²) in [4.78, 5) is 12.2. The molecule has 2 fully saturated rings. The highest BCUT2D eigenvalue weighted by molar-refractivity contribution is 5.81. The van der Waals surface area contributed by atoms with E-state index in [4.69, 9.17) is 9.47 Å². The van der Waals surface area contributed by atoms with Crippen LogP contribution < -0.4 is 5.32 Å². The van der Waals surface area contributed by atoms with E-state index in [2.05, 4.69) is 19.2 Å². The van der Waals surface area contributed by atoms with Crippen molar-refractivity contribution in [3.8, 4) is 0 Å². The van der Waals surface area contributed by atoms with Gasteiger partial charge in [0.05, 0.1) is 13.2 Å². The van der Waals surface area contributed by atoms with Gasteiger partial charge in [-0.15, -0.1) is 0 Å². The van der Waals surface area contributed by atoms with Gasteiger partial charge in [0.2, 0.25) is 0 Å². The highest BCUT2D eigenvalue weighted by atomic mass is 16.5. The average molecular weight is 269 g/mol. The summed E-state index contributed by atoms with van der Waals surface area (Å²) in [7, 11) is 1.47. The van der Waals surface area contributed by atoms with Crippen molar-refractivity contribution in [2.45, 2.75) is 70.1 Å². The second-order valence-corrected chi connectivity index (χ2v) is 6.37. The van der Waals surface area contributed by atoms with E-state index in [1.54, 1.807) is 0 Å². The molecule has 0 radical (unpaired) electrons. The molecule has 19 heavy (non-hydrogen) atoms. The molecular formula is C15H27NO3. The number of hydrogen-bond acceptors (Lipinski definition) is 4. The van der Waals surface area contributed by atoms with Crippen LogP contribution in [0.2, 0.25) is 0 Å². The Hall–Kier alpha value is -0.610. The van der Waals surface area contributed by atoms with Gasteiger partial charge in [-0.3, -0.25) is 10.1 Å². The van der Waals surface area contributed by atoms with E-state index in [0.717, 1.165) is 38.2 Å². The predicted octanol–water partition coefficient (Wildman–Crippen LogP) is 2.27. The Labute approximate surface area is 116 Å². The van der Waals surface area contributed by atoms with E-state index in [9.17, 15) is 4.79 Å². The van der Waals surface area contributed by atoms with Gasteiger partial charge in [-0.1, -0.05) is 0 Å². The van der Waals surface area contributed by atoms with Crippen molar-refractivity contribution < 1.29 is 14.3 Å². The summed E-state index contributed by atoms with van der Waals surface area (Å²) < 4.78 is 11.0. The molecule has 4 heteroatoms. The highest BCUT2D eigenvalue weighted by Crippen LogP contribution is 2.34. The van der Waals surface area contributed by atoms with Crippen molar-refractivity contribution in [3.63, 3.8) is 0 Å². The molecule has 110 valence electrons. The van der Waals surface area contributed by atoms with Crippen molar-refractivity contribution >= 4 is 5.97 Å². The fourth-order valence-electron chi connectivity index (χ4n) is 3.05. The van der Waals surface area contributed by atoms with Crippen LogP contribution in [0.5, 0.6) is 0 Å². The van der Waals surface area contributed by atoms with Crippen molar-refractivity contribution in [2.75, 3.05) is 13.7 Å². The molecule has 0 heterocycles. The van der Waals surface area contributed by atoms with Gasteiger partial charge in [-0.25, -0.2) is 0 Å². The number of hydrogen-bond donors (Lipinski definition) is 1. The summed E-state index contributed by atoms with van der Waals surface area (Å²) in [6.45, 7) is 5.00. The largest absolute Gasteiger partial charge is 0.468 e. The molecule has 2 aliphatic rings. The van der Waals surface area contributed by atoms with E-state index in [1.807, 2.05) is 0 Å². The Bertz CT molecular complexity index is 315. The van der Waals surface area contributed by atoms with Crippen LogP contribution in [0.15, 0.2) is 0 Å². The molecule has 4 nitrogen and oxygen atoms in total. The maximum absolute atomic E-state index is 12.2. The lowest BCUT2D eigenvalue weighted by atomic mass is 9.79. The quantitative estimate of drug-likeness (QED) is 0.751. The van der Waals surface area contributed by atoms with Crippen LogP contribution in [0.1, 0.15) is 52.4 Å². The second-order valence-electron chi connectivity index (χ2n) is 6.37. The van der Waals surface area contributed by atoms with Gasteiger partial charge in [-0.2, -0.15) is 0 Å². The number of ether oxygens (including phenoxy) is 2. The maximum Gasteiger partial charge on any atom is 0.326 e. The van der Waals surface area contributed by atoms with Crippen LogP contribution in [-0.4, -0.2) is 37.4 Å². The van der Waals surface area contributed by atoms with E-state index in [-0.39, 0.29) is 18.1 Å². The Morgan fingerprint density at radius 2 is 2.11 bits per heavy atom. The maximum atomic E-state index is 12.2. The molecule has 2 aliphatic carbocycles. The van der Waals surface area contributed by atoms with Gasteiger partial charge in [0.15, 0.2) is 0 Å². The Morgan fingerprint density at radius 3 is 2.68 bits per heavy atom. The number of carbonyl (C=O) groups is 1. The Balaban J connectivity index is 1.97. The number of carbonyl (C=O) groups excluding carboxylic acids is 1. The highest BCUT2D eigenvalue weighted by Gasteiger charge is 2.44. The van der Waals surface area contributed by atoms with Gasteiger partial charge >= 0.3 is 5.97 Å². The van der Waals surface area contributed by atoms with E-state index in [0.29, 0.717) is 0 Å². The lowest BCUT2D eigenvalue weighted by molar-refractivity contribution is -0.153. The SMILES string of the molecule is COC(=O)C1(NC(C)C)CCCC(OCC2CC2)C1. The normalized spacial score (nSPS) is 31.5. The van der Waals surface area contributed by atoms with Crippen LogP contribution in [0.3, 0.4) is 0 Å². The summed E-state index contributed by atoms with van der Waals surface area (Å²) in [6, 6.07) is 0.265. The first kappa shape index (κ1) is 14.8. The summed E-state index contributed by atoms with van der Waals surface area (Å²) in [5.74, 6) is 0.633. The fourth-order valence-corrected chi connectivity index (χ4v) is 3.05. The van der Waals surface area contributed by atoms with Crippen molar-refractivity contribution in [1.29, 1.82) is 0 Å². The van der Waals surface area contributed by atoms with Crippen LogP contribution >= 0.6 is 0 Å². The molecule has 2 rings (SSSR count). The van der Waals surface area contributed by atoms with E-state index < -0.39 is 5.54 Å².